The van der Waals surface area contributed by atoms with Crippen LogP contribution in [0.4, 0.5) is 5.69 Å². The quantitative estimate of drug-likeness (QED) is 0.724. The molecule has 9 nitrogen and oxygen atoms in total. The van der Waals surface area contributed by atoms with E-state index in [1.165, 1.54) is 23.3 Å². The van der Waals surface area contributed by atoms with E-state index < -0.39 is 10.0 Å². The number of aryl methyl sites for hydroxylation is 1. The van der Waals surface area contributed by atoms with Crippen molar-refractivity contribution in [3.8, 4) is 5.69 Å². The number of sulfonamides is 1. The van der Waals surface area contributed by atoms with Crippen molar-refractivity contribution in [3.63, 3.8) is 0 Å². The largest absolute Gasteiger partial charge is 0.278 e. The summed E-state index contributed by atoms with van der Waals surface area (Å²) in [6.45, 7) is 1.88. The van der Waals surface area contributed by atoms with E-state index in [-0.39, 0.29) is 5.03 Å². The van der Waals surface area contributed by atoms with Gasteiger partial charge in [0.2, 0.25) is 0 Å². The van der Waals surface area contributed by atoms with Gasteiger partial charge < -0.3 is 0 Å². The van der Waals surface area contributed by atoms with Gasteiger partial charge in [0.15, 0.2) is 5.03 Å². The normalized spacial score (nSPS) is 11.5. The second kappa shape index (κ2) is 4.98. The first-order chi connectivity index (χ1) is 10.1. The number of hydrogen-bond donors (Lipinski definition) is 2. The number of nitrogens with one attached hydrogen (secondary N) is 2. The van der Waals surface area contributed by atoms with Crippen LogP contribution in [0.1, 0.15) is 5.56 Å². The summed E-state index contributed by atoms with van der Waals surface area (Å²) in [6.07, 6.45) is 2.81. The van der Waals surface area contributed by atoms with Crippen molar-refractivity contribution >= 4 is 15.7 Å². The molecule has 1 aromatic carbocycles. The molecule has 0 spiro atoms. The number of aromatic nitrogens is 6. The van der Waals surface area contributed by atoms with Crippen LogP contribution in [-0.4, -0.2) is 38.8 Å². The molecule has 0 atom stereocenters. The number of nitrogens with zero attached hydrogens (tertiary/aromatic N) is 5. The summed E-state index contributed by atoms with van der Waals surface area (Å²) >= 11 is 0. The molecule has 0 fully saturated rings. The van der Waals surface area contributed by atoms with Gasteiger partial charge in [0, 0.05) is 0 Å². The lowest BCUT2D eigenvalue weighted by molar-refractivity contribution is 0.597. The molecule has 3 rings (SSSR count). The van der Waals surface area contributed by atoms with E-state index in [9.17, 15) is 8.42 Å². The zero-order chi connectivity index (χ0) is 14.9. The predicted octanol–water partition coefficient (Wildman–Crippen LogP) is 0.495. The predicted molar refractivity (Wildman–Crippen MR) is 73.3 cm³/mol. The lowest BCUT2D eigenvalue weighted by atomic mass is 10.2. The average molecular weight is 305 g/mol. The highest BCUT2D eigenvalue weighted by atomic mass is 32.2. The van der Waals surface area contributed by atoms with E-state index in [0.29, 0.717) is 11.4 Å². The number of hydrogen-bond acceptors (Lipinski definition) is 6. The molecule has 10 heteroatoms. The molecule has 2 N–H and O–H groups in total. The van der Waals surface area contributed by atoms with Gasteiger partial charge in [0.05, 0.1) is 17.6 Å². The van der Waals surface area contributed by atoms with Gasteiger partial charge in [-0.15, -0.1) is 5.10 Å². The minimum absolute atomic E-state index is 0.00736. The Hall–Kier alpha value is -2.75. The SMILES string of the molecule is Cc1ccc(NS(=O)(=O)c2ccn[nH]2)cc1-n1cnnn1. The number of anilines is 1. The standard InChI is InChI=1S/C11H11N7O2S/c1-8-2-3-9(6-10(8)18-7-13-16-17-18)15-21(19,20)11-4-5-12-14-11/h2-7,15H,1H3,(H,12,14). The van der Waals surface area contributed by atoms with Gasteiger partial charge in [-0.25, -0.2) is 4.68 Å². The van der Waals surface area contributed by atoms with Crippen LogP contribution < -0.4 is 4.72 Å². The molecule has 0 amide bonds. The number of tetrazole rings is 1. The van der Waals surface area contributed by atoms with E-state index in [1.54, 1.807) is 18.2 Å². The molecule has 0 bridgehead atoms. The number of H-pyrrole nitrogens is 1. The second-order valence-electron chi connectivity index (χ2n) is 4.28. The van der Waals surface area contributed by atoms with Crippen LogP contribution >= 0.6 is 0 Å². The molecule has 0 aliphatic carbocycles. The number of rotatable bonds is 4. The van der Waals surface area contributed by atoms with Crippen molar-refractivity contribution in [1.29, 1.82) is 0 Å². The Kier molecular flexibility index (Phi) is 3.14. The Morgan fingerprint density at radius 3 is 2.81 bits per heavy atom. The highest BCUT2D eigenvalue weighted by Gasteiger charge is 2.16. The fourth-order valence-corrected chi connectivity index (χ4v) is 2.75. The highest BCUT2D eigenvalue weighted by molar-refractivity contribution is 7.92. The Bertz CT molecular complexity index is 841. The van der Waals surface area contributed by atoms with E-state index in [1.807, 2.05) is 6.92 Å². The Balaban J connectivity index is 1.96. The van der Waals surface area contributed by atoms with Gasteiger partial charge in [0.25, 0.3) is 10.0 Å². The van der Waals surface area contributed by atoms with Crippen LogP contribution in [0.3, 0.4) is 0 Å². The first-order valence-electron chi connectivity index (χ1n) is 5.92. The lowest BCUT2D eigenvalue weighted by Gasteiger charge is -2.10. The van der Waals surface area contributed by atoms with Gasteiger partial charge >= 0.3 is 0 Å². The molecule has 2 aromatic heterocycles. The molecule has 0 saturated heterocycles. The van der Waals surface area contributed by atoms with Crippen LogP contribution in [0, 0.1) is 6.92 Å². The van der Waals surface area contributed by atoms with Crippen molar-refractivity contribution in [3.05, 3.63) is 42.4 Å². The fourth-order valence-electron chi connectivity index (χ4n) is 1.79. The van der Waals surface area contributed by atoms with Crippen molar-refractivity contribution in [1.82, 2.24) is 30.4 Å². The summed E-state index contributed by atoms with van der Waals surface area (Å²) in [4.78, 5) is 0. The highest BCUT2D eigenvalue weighted by Crippen LogP contribution is 2.20. The van der Waals surface area contributed by atoms with Gasteiger partial charge in [-0.2, -0.15) is 13.5 Å². The van der Waals surface area contributed by atoms with Crippen LogP contribution in [0.2, 0.25) is 0 Å². The first kappa shape index (κ1) is 13.2. The van der Waals surface area contributed by atoms with Crippen LogP contribution in [0.25, 0.3) is 5.69 Å². The van der Waals surface area contributed by atoms with E-state index >= 15 is 0 Å². The Morgan fingerprint density at radius 1 is 1.29 bits per heavy atom. The zero-order valence-electron chi connectivity index (χ0n) is 10.9. The average Bonchev–Trinajstić information content (AvgIpc) is 3.13. The fraction of sp³-hybridized carbons (Fsp3) is 0.0909. The number of benzene rings is 1. The molecule has 3 aromatic rings. The summed E-state index contributed by atoms with van der Waals surface area (Å²) in [7, 11) is -3.70. The van der Waals surface area contributed by atoms with Crippen molar-refractivity contribution in [2.75, 3.05) is 4.72 Å². The molecule has 0 saturated carbocycles. The summed E-state index contributed by atoms with van der Waals surface area (Å²) in [6, 6.07) is 6.47. The van der Waals surface area contributed by atoms with Crippen LogP contribution in [-0.2, 0) is 10.0 Å². The van der Waals surface area contributed by atoms with Crippen molar-refractivity contribution in [2.45, 2.75) is 11.9 Å². The molecule has 0 aliphatic rings. The van der Waals surface area contributed by atoms with E-state index in [2.05, 4.69) is 30.4 Å². The van der Waals surface area contributed by atoms with Gasteiger partial charge in [-0.3, -0.25) is 9.82 Å². The first-order valence-corrected chi connectivity index (χ1v) is 7.41. The molecule has 2 heterocycles. The maximum atomic E-state index is 12.1. The van der Waals surface area contributed by atoms with Crippen molar-refractivity contribution in [2.24, 2.45) is 0 Å². The van der Waals surface area contributed by atoms with Crippen LogP contribution in [0.15, 0.2) is 41.8 Å². The maximum absolute atomic E-state index is 12.1. The second-order valence-corrected chi connectivity index (χ2v) is 5.93. The molecule has 108 valence electrons. The van der Waals surface area contributed by atoms with Gasteiger partial charge in [-0.05, 0) is 41.1 Å². The minimum atomic E-state index is -3.70. The molecule has 21 heavy (non-hydrogen) atoms. The molecular weight excluding hydrogens is 294 g/mol. The summed E-state index contributed by atoms with van der Waals surface area (Å²) in [5.41, 5.74) is 2.00. The summed E-state index contributed by atoms with van der Waals surface area (Å²) < 4.78 is 28.2. The third kappa shape index (κ3) is 2.60. The Morgan fingerprint density at radius 2 is 2.14 bits per heavy atom. The van der Waals surface area contributed by atoms with Gasteiger partial charge in [0.1, 0.15) is 6.33 Å². The zero-order valence-corrected chi connectivity index (χ0v) is 11.7. The minimum Gasteiger partial charge on any atom is -0.278 e. The topological polar surface area (TPSA) is 118 Å². The summed E-state index contributed by atoms with van der Waals surface area (Å²) in [5, 5.41) is 17.0. The van der Waals surface area contributed by atoms with E-state index in [0.717, 1.165) is 5.56 Å². The smallest absolute Gasteiger partial charge is 0.278 e. The number of aromatic amines is 1. The third-order valence-corrected chi connectivity index (χ3v) is 4.13. The van der Waals surface area contributed by atoms with E-state index in [4.69, 9.17) is 0 Å². The van der Waals surface area contributed by atoms with Gasteiger partial charge in [-0.1, -0.05) is 6.07 Å². The lowest BCUT2D eigenvalue weighted by Crippen LogP contribution is -2.14. The molecule has 0 unspecified atom stereocenters. The maximum Gasteiger partial charge on any atom is 0.278 e. The van der Waals surface area contributed by atoms with Crippen LogP contribution in [0.5, 0.6) is 0 Å². The molecular formula is C11H11N7O2S. The third-order valence-electron chi connectivity index (χ3n) is 2.82. The monoisotopic (exact) mass is 305 g/mol. The Labute approximate surface area is 120 Å². The molecule has 0 aliphatic heterocycles. The van der Waals surface area contributed by atoms with Crippen molar-refractivity contribution < 1.29 is 8.42 Å². The summed E-state index contributed by atoms with van der Waals surface area (Å²) in [5.74, 6) is 0. The molecule has 0 radical (unpaired) electrons.